The molecule has 0 spiro atoms. The molecular formula is C47H32N2O5P+. The van der Waals surface area contributed by atoms with Crippen molar-refractivity contribution in [2.75, 3.05) is 9.80 Å². The molecule has 0 fully saturated rings. The molecule has 0 bridgehead atoms. The number of carbonyl (C=O) groups excluding carboxylic acids is 4. The van der Waals surface area contributed by atoms with Crippen molar-refractivity contribution in [2.24, 2.45) is 0 Å². The molecule has 0 saturated carbocycles. The highest BCUT2D eigenvalue weighted by molar-refractivity contribution is 8.01. The first-order chi connectivity index (χ1) is 26.8. The lowest BCUT2D eigenvalue weighted by atomic mass is 10.1. The molecule has 0 unspecified atom stereocenters. The summed E-state index contributed by atoms with van der Waals surface area (Å²) < 4.78 is 6.15. The fourth-order valence-corrected chi connectivity index (χ4v) is 11.9. The van der Waals surface area contributed by atoms with Gasteiger partial charge in [0.1, 0.15) is 40.0 Å². The van der Waals surface area contributed by atoms with Gasteiger partial charge in [-0.1, -0.05) is 72.8 Å². The Kier molecular flexibility index (Phi) is 8.29. The van der Waals surface area contributed by atoms with Crippen LogP contribution < -0.4 is 35.8 Å². The third kappa shape index (κ3) is 5.56. The van der Waals surface area contributed by atoms with E-state index in [4.69, 9.17) is 4.74 Å². The zero-order chi connectivity index (χ0) is 37.7. The summed E-state index contributed by atoms with van der Waals surface area (Å²) in [7, 11) is -2.49. The van der Waals surface area contributed by atoms with Crippen molar-refractivity contribution in [3.05, 3.63) is 204 Å². The van der Waals surface area contributed by atoms with E-state index in [0.29, 0.717) is 22.9 Å². The summed E-state index contributed by atoms with van der Waals surface area (Å²) in [6.07, 6.45) is 0. The molecule has 0 saturated heterocycles. The third-order valence-electron chi connectivity index (χ3n) is 10.1. The minimum absolute atomic E-state index is 0.209. The van der Waals surface area contributed by atoms with Crippen molar-refractivity contribution < 1.29 is 23.9 Å². The van der Waals surface area contributed by atoms with Gasteiger partial charge in [-0.2, -0.15) is 0 Å². The zero-order valence-corrected chi connectivity index (χ0v) is 30.5. The first kappa shape index (κ1) is 33.9. The standard InChI is InChI=1S/C47H32N2O5P/c1-31-13-11-14-32(27-31)48-44(50)40-25-23-34(29-42(40)46(48)52)54-35-24-26-41-43(30-35)47(53)49(45(41)51)33-15-12-22-39(28-33)55(36-16-5-2-6-17-36,37-18-7-3-8-19-37)38-20-9-4-10-21-38/h2-30H,1H3/q+1. The van der Waals surface area contributed by atoms with Crippen LogP contribution in [0.15, 0.2) is 176 Å². The van der Waals surface area contributed by atoms with Crippen molar-refractivity contribution >= 4 is 63.5 Å². The van der Waals surface area contributed by atoms with E-state index in [2.05, 4.69) is 42.5 Å². The lowest BCUT2D eigenvalue weighted by Gasteiger charge is -2.28. The van der Waals surface area contributed by atoms with Crippen molar-refractivity contribution in [2.45, 2.75) is 6.92 Å². The van der Waals surface area contributed by atoms with Gasteiger partial charge in [-0.3, -0.25) is 19.2 Å². The smallest absolute Gasteiger partial charge is 0.266 e. The highest BCUT2D eigenvalue weighted by Gasteiger charge is 2.48. The second kappa shape index (κ2) is 13.5. The Balaban J connectivity index is 1.05. The zero-order valence-electron chi connectivity index (χ0n) is 29.6. The summed E-state index contributed by atoms with van der Waals surface area (Å²) >= 11 is 0. The second-order valence-corrected chi connectivity index (χ2v) is 16.9. The number of fused-ring (bicyclic) bond motifs is 2. The van der Waals surface area contributed by atoms with E-state index in [1.165, 1.54) is 11.0 Å². The van der Waals surface area contributed by atoms with Crippen molar-refractivity contribution in [3.8, 4) is 11.5 Å². The van der Waals surface area contributed by atoms with Crippen LogP contribution >= 0.6 is 7.26 Å². The summed E-state index contributed by atoms with van der Waals surface area (Å²) in [5.74, 6) is -1.11. The van der Waals surface area contributed by atoms with E-state index in [9.17, 15) is 19.2 Å². The van der Waals surface area contributed by atoms with Crippen LogP contribution in [0.3, 0.4) is 0 Å². The lowest BCUT2D eigenvalue weighted by Crippen LogP contribution is -2.39. The molecule has 55 heavy (non-hydrogen) atoms. The molecule has 0 radical (unpaired) electrons. The summed E-state index contributed by atoms with van der Waals surface area (Å²) in [6, 6.07) is 55.7. The van der Waals surface area contributed by atoms with E-state index in [-0.39, 0.29) is 22.3 Å². The first-order valence-electron chi connectivity index (χ1n) is 17.8. The van der Waals surface area contributed by atoms with Gasteiger partial charge < -0.3 is 4.74 Å². The van der Waals surface area contributed by atoms with Crippen molar-refractivity contribution in [1.29, 1.82) is 0 Å². The molecule has 2 aliphatic rings. The van der Waals surface area contributed by atoms with Gasteiger partial charge in [-0.05, 0) is 110 Å². The van der Waals surface area contributed by atoms with Crippen LogP contribution in [0.5, 0.6) is 11.5 Å². The SMILES string of the molecule is Cc1cccc(N2C(=O)c3ccc(Oc4ccc5c(c4)C(=O)N(c4cccc([P+](c6ccccc6)(c6ccccc6)c6ccccc6)c4)C5=O)cc3C2=O)c1. The molecule has 2 aliphatic heterocycles. The number of carbonyl (C=O) groups is 4. The van der Waals surface area contributed by atoms with Crippen LogP contribution in [0.4, 0.5) is 11.4 Å². The third-order valence-corrected chi connectivity index (χ3v) is 14.4. The molecule has 2 heterocycles. The van der Waals surface area contributed by atoms with E-state index in [0.717, 1.165) is 31.7 Å². The molecule has 264 valence electrons. The van der Waals surface area contributed by atoms with E-state index in [1.54, 1.807) is 54.6 Å². The second-order valence-electron chi connectivity index (χ2n) is 13.4. The molecule has 4 amide bonds. The quantitative estimate of drug-likeness (QED) is 0.117. The maximum atomic E-state index is 14.2. The topological polar surface area (TPSA) is 84.0 Å². The minimum atomic E-state index is -2.49. The average molecular weight is 736 g/mol. The van der Waals surface area contributed by atoms with Gasteiger partial charge in [0.2, 0.25) is 0 Å². The summed E-state index contributed by atoms with van der Waals surface area (Å²) in [5, 5.41) is 4.44. The highest BCUT2D eigenvalue weighted by Crippen LogP contribution is 2.54. The number of ether oxygens (including phenoxy) is 1. The maximum absolute atomic E-state index is 14.2. The van der Waals surface area contributed by atoms with Crippen LogP contribution in [0.1, 0.15) is 47.0 Å². The summed E-state index contributed by atoms with van der Waals surface area (Å²) in [5.41, 5.74) is 2.88. The molecule has 0 aliphatic carbocycles. The number of anilines is 2. The minimum Gasteiger partial charge on any atom is -0.457 e. The Morgan fingerprint density at radius 2 is 0.782 bits per heavy atom. The van der Waals surface area contributed by atoms with Gasteiger partial charge >= 0.3 is 0 Å². The molecule has 7 nitrogen and oxygen atoms in total. The van der Waals surface area contributed by atoms with Gasteiger partial charge in [0.25, 0.3) is 23.6 Å². The number of imide groups is 2. The Labute approximate surface area is 318 Å². The number of hydrogen-bond donors (Lipinski definition) is 0. The van der Waals surface area contributed by atoms with Crippen LogP contribution in [0.2, 0.25) is 0 Å². The van der Waals surface area contributed by atoms with Crippen LogP contribution in [-0.2, 0) is 0 Å². The number of amides is 4. The van der Waals surface area contributed by atoms with Gasteiger partial charge in [-0.25, -0.2) is 9.80 Å². The van der Waals surface area contributed by atoms with E-state index >= 15 is 0 Å². The average Bonchev–Trinajstić information content (AvgIpc) is 3.62. The maximum Gasteiger partial charge on any atom is 0.266 e. The predicted molar refractivity (Wildman–Crippen MR) is 218 cm³/mol. The summed E-state index contributed by atoms with van der Waals surface area (Å²) in [6.45, 7) is 1.90. The number of hydrogen-bond acceptors (Lipinski definition) is 5. The van der Waals surface area contributed by atoms with Gasteiger partial charge in [0.05, 0.1) is 33.6 Å². The van der Waals surface area contributed by atoms with Crippen LogP contribution in [-0.4, -0.2) is 23.6 Å². The Hall–Kier alpha value is -6.95. The van der Waals surface area contributed by atoms with Crippen LogP contribution in [0, 0.1) is 6.92 Å². The Bertz CT molecular complexity index is 2580. The van der Waals surface area contributed by atoms with Gasteiger partial charge in [0.15, 0.2) is 0 Å². The largest absolute Gasteiger partial charge is 0.457 e. The molecule has 0 atom stereocenters. The van der Waals surface area contributed by atoms with Crippen LogP contribution in [0.25, 0.3) is 0 Å². The number of benzene rings is 7. The van der Waals surface area contributed by atoms with Gasteiger partial charge in [-0.15, -0.1) is 0 Å². The molecule has 7 aromatic rings. The van der Waals surface area contributed by atoms with E-state index < -0.39 is 30.9 Å². The Morgan fingerprint density at radius 3 is 1.24 bits per heavy atom. The number of nitrogens with zero attached hydrogens (tertiary/aromatic N) is 2. The Morgan fingerprint density at radius 1 is 0.382 bits per heavy atom. The molecule has 0 aromatic heterocycles. The monoisotopic (exact) mass is 735 g/mol. The van der Waals surface area contributed by atoms with E-state index in [1.807, 2.05) is 79.7 Å². The first-order valence-corrected chi connectivity index (χ1v) is 19.6. The highest BCUT2D eigenvalue weighted by atomic mass is 31.2. The van der Waals surface area contributed by atoms with Crippen molar-refractivity contribution in [1.82, 2.24) is 0 Å². The number of rotatable bonds is 8. The normalized spacial score (nSPS) is 13.6. The molecule has 9 rings (SSSR count). The molecule has 0 N–H and O–H groups in total. The predicted octanol–water partition coefficient (Wildman–Crippen LogP) is 8.01. The number of aryl methyl sites for hydroxylation is 1. The van der Waals surface area contributed by atoms with Gasteiger partial charge in [0, 0.05) is 6.07 Å². The van der Waals surface area contributed by atoms with Crippen molar-refractivity contribution in [3.63, 3.8) is 0 Å². The molecular weight excluding hydrogens is 704 g/mol. The summed E-state index contributed by atoms with van der Waals surface area (Å²) in [4.78, 5) is 57.2. The lowest BCUT2D eigenvalue weighted by molar-refractivity contribution is 0.0910. The fourth-order valence-electron chi connectivity index (χ4n) is 7.63. The fraction of sp³-hybridized carbons (Fsp3) is 0.0213. The molecule has 8 heteroatoms. The molecule has 7 aromatic carbocycles.